The van der Waals surface area contributed by atoms with Crippen molar-refractivity contribution in [2.24, 2.45) is 0 Å². The highest BCUT2D eigenvalue weighted by Crippen LogP contribution is 2.15. The Hall–Kier alpha value is -1.83. The minimum Gasteiger partial charge on any atom is -0.233 e. The topological polar surface area (TPSA) is 8.81 Å². The van der Waals surface area contributed by atoms with Crippen molar-refractivity contribution >= 4 is 0 Å². The van der Waals surface area contributed by atoms with E-state index in [2.05, 4.69) is 67.3 Å². The van der Waals surface area contributed by atoms with E-state index in [9.17, 15) is 0 Å². The maximum atomic E-state index is 3.76. The Morgan fingerprint density at radius 1 is 1.22 bits per heavy atom. The molecule has 0 spiro atoms. The SMILES string of the molecule is C=CCn1cc[n+](Cc2c(C)cc(C)cc2C)c1. The maximum absolute atomic E-state index is 3.76. The van der Waals surface area contributed by atoms with E-state index in [1.807, 2.05) is 6.08 Å². The maximum Gasteiger partial charge on any atom is 0.244 e. The van der Waals surface area contributed by atoms with Gasteiger partial charge >= 0.3 is 0 Å². The van der Waals surface area contributed by atoms with E-state index in [-0.39, 0.29) is 0 Å². The number of rotatable bonds is 4. The zero-order chi connectivity index (χ0) is 13.1. The van der Waals surface area contributed by atoms with Crippen LogP contribution in [0, 0.1) is 20.8 Å². The van der Waals surface area contributed by atoms with Crippen LogP contribution in [0.5, 0.6) is 0 Å². The second-order valence-electron chi connectivity index (χ2n) is 4.95. The van der Waals surface area contributed by atoms with Crippen molar-refractivity contribution in [2.45, 2.75) is 33.9 Å². The van der Waals surface area contributed by atoms with Gasteiger partial charge in [-0.1, -0.05) is 30.4 Å². The lowest BCUT2D eigenvalue weighted by atomic mass is 10.00. The first-order valence-corrected chi connectivity index (χ1v) is 6.32. The Bertz CT molecular complexity index is 541. The minimum absolute atomic E-state index is 0.860. The second kappa shape index (κ2) is 5.21. The number of imidazole rings is 1. The number of aryl methyl sites for hydroxylation is 3. The lowest BCUT2D eigenvalue weighted by Gasteiger charge is -2.09. The molecule has 0 unspecified atom stereocenters. The molecule has 0 saturated carbocycles. The van der Waals surface area contributed by atoms with Crippen molar-refractivity contribution in [3.8, 4) is 0 Å². The summed E-state index contributed by atoms with van der Waals surface area (Å²) in [7, 11) is 0. The standard InChI is InChI=1S/C16H21N2/c1-5-6-17-7-8-18(12-17)11-16-14(3)9-13(2)10-15(16)4/h5,7-10,12H,1,6,11H2,2-4H3/q+1. The van der Waals surface area contributed by atoms with E-state index in [0.717, 1.165) is 13.1 Å². The van der Waals surface area contributed by atoms with Gasteiger partial charge < -0.3 is 0 Å². The van der Waals surface area contributed by atoms with Crippen LogP contribution in [-0.2, 0) is 13.1 Å². The van der Waals surface area contributed by atoms with E-state index < -0.39 is 0 Å². The van der Waals surface area contributed by atoms with Gasteiger partial charge in [0, 0.05) is 0 Å². The Morgan fingerprint density at radius 2 is 1.89 bits per heavy atom. The van der Waals surface area contributed by atoms with Gasteiger partial charge in [0.25, 0.3) is 0 Å². The molecule has 0 aliphatic carbocycles. The van der Waals surface area contributed by atoms with Gasteiger partial charge in [0.05, 0.1) is 0 Å². The fourth-order valence-electron chi connectivity index (χ4n) is 2.43. The molecule has 0 fully saturated rings. The van der Waals surface area contributed by atoms with Crippen LogP contribution >= 0.6 is 0 Å². The first-order valence-electron chi connectivity index (χ1n) is 6.32. The largest absolute Gasteiger partial charge is 0.244 e. The Labute approximate surface area is 109 Å². The van der Waals surface area contributed by atoms with E-state index in [1.54, 1.807) is 0 Å². The quantitative estimate of drug-likeness (QED) is 0.575. The zero-order valence-corrected chi connectivity index (χ0v) is 11.5. The van der Waals surface area contributed by atoms with Crippen LogP contribution in [0.15, 0.2) is 43.5 Å². The van der Waals surface area contributed by atoms with Crippen molar-refractivity contribution in [2.75, 3.05) is 0 Å². The molecule has 0 aliphatic rings. The van der Waals surface area contributed by atoms with E-state index in [1.165, 1.54) is 22.3 Å². The summed E-state index contributed by atoms with van der Waals surface area (Å²) >= 11 is 0. The molecule has 18 heavy (non-hydrogen) atoms. The number of allylic oxidation sites excluding steroid dienone is 1. The van der Waals surface area contributed by atoms with E-state index >= 15 is 0 Å². The molecule has 2 heteroatoms. The van der Waals surface area contributed by atoms with E-state index in [0.29, 0.717) is 0 Å². The normalized spacial score (nSPS) is 10.6. The second-order valence-corrected chi connectivity index (χ2v) is 4.95. The molecule has 0 amide bonds. The Balaban J connectivity index is 2.25. The van der Waals surface area contributed by atoms with Crippen LogP contribution in [0.1, 0.15) is 22.3 Å². The number of nitrogens with zero attached hydrogens (tertiary/aromatic N) is 2. The van der Waals surface area contributed by atoms with Crippen molar-refractivity contribution in [1.29, 1.82) is 0 Å². The molecule has 1 heterocycles. The van der Waals surface area contributed by atoms with Gasteiger partial charge in [0.2, 0.25) is 6.33 Å². The molecular weight excluding hydrogens is 220 g/mol. The van der Waals surface area contributed by atoms with Crippen molar-refractivity contribution in [3.05, 3.63) is 65.8 Å². The van der Waals surface area contributed by atoms with Gasteiger partial charge in [-0.15, -0.1) is 0 Å². The minimum atomic E-state index is 0.860. The zero-order valence-electron chi connectivity index (χ0n) is 11.5. The molecule has 1 aromatic heterocycles. The van der Waals surface area contributed by atoms with Gasteiger partial charge in [-0.2, -0.15) is 0 Å². The van der Waals surface area contributed by atoms with Crippen LogP contribution in [0.3, 0.4) is 0 Å². The van der Waals surface area contributed by atoms with Gasteiger partial charge in [0.15, 0.2) is 0 Å². The molecular formula is C16H21N2+. The molecule has 2 nitrogen and oxygen atoms in total. The summed E-state index contributed by atoms with van der Waals surface area (Å²) in [5, 5.41) is 0. The molecule has 2 aromatic rings. The summed E-state index contributed by atoms with van der Waals surface area (Å²) in [6.07, 6.45) is 8.23. The van der Waals surface area contributed by atoms with Crippen LogP contribution in [0.4, 0.5) is 0 Å². The summed E-state index contributed by atoms with van der Waals surface area (Å²) in [4.78, 5) is 0. The fraction of sp³-hybridized carbons (Fsp3) is 0.312. The lowest BCUT2D eigenvalue weighted by molar-refractivity contribution is -0.687. The van der Waals surface area contributed by atoms with Crippen LogP contribution in [0.2, 0.25) is 0 Å². The van der Waals surface area contributed by atoms with Crippen LogP contribution in [0.25, 0.3) is 0 Å². The molecule has 0 atom stereocenters. The van der Waals surface area contributed by atoms with Gasteiger partial charge in [0.1, 0.15) is 25.5 Å². The average molecular weight is 241 g/mol. The van der Waals surface area contributed by atoms with Crippen molar-refractivity contribution in [1.82, 2.24) is 4.57 Å². The summed E-state index contributed by atoms with van der Waals surface area (Å²) in [5.41, 5.74) is 5.50. The smallest absolute Gasteiger partial charge is 0.233 e. The highest BCUT2D eigenvalue weighted by molar-refractivity contribution is 5.36. The predicted molar refractivity (Wildman–Crippen MR) is 74.6 cm³/mol. The van der Waals surface area contributed by atoms with Gasteiger partial charge in [-0.05, 0) is 37.5 Å². The summed E-state index contributed by atoms with van der Waals surface area (Å²) < 4.78 is 4.35. The number of hydrogen-bond acceptors (Lipinski definition) is 0. The van der Waals surface area contributed by atoms with Gasteiger partial charge in [-0.3, -0.25) is 0 Å². The third-order valence-corrected chi connectivity index (χ3v) is 3.27. The average Bonchev–Trinajstić information content (AvgIpc) is 2.72. The third-order valence-electron chi connectivity index (χ3n) is 3.27. The number of hydrogen-bond donors (Lipinski definition) is 0. The van der Waals surface area contributed by atoms with Crippen LogP contribution < -0.4 is 4.57 Å². The number of aromatic nitrogens is 2. The summed E-state index contributed by atoms with van der Waals surface area (Å²) in [6, 6.07) is 4.51. The Morgan fingerprint density at radius 3 is 2.50 bits per heavy atom. The predicted octanol–water partition coefficient (Wildman–Crippen LogP) is 2.94. The van der Waals surface area contributed by atoms with Crippen molar-refractivity contribution in [3.63, 3.8) is 0 Å². The monoisotopic (exact) mass is 241 g/mol. The summed E-state index contributed by atoms with van der Waals surface area (Å²) in [6.45, 7) is 12.1. The molecule has 2 rings (SSSR count). The molecule has 0 radical (unpaired) electrons. The number of benzene rings is 1. The highest BCUT2D eigenvalue weighted by Gasteiger charge is 2.08. The van der Waals surface area contributed by atoms with Crippen molar-refractivity contribution < 1.29 is 4.57 Å². The molecule has 1 aromatic carbocycles. The van der Waals surface area contributed by atoms with Crippen LogP contribution in [-0.4, -0.2) is 4.57 Å². The summed E-state index contributed by atoms with van der Waals surface area (Å²) in [5.74, 6) is 0. The van der Waals surface area contributed by atoms with E-state index in [4.69, 9.17) is 0 Å². The third kappa shape index (κ3) is 2.70. The molecule has 0 N–H and O–H groups in total. The molecule has 94 valence electrons. The fourth-order valence-corrected chi connectivity index (χ4v) is 2.43. The lowest BCUT2D eigenvalue weighted by Crippen LogP contribution is -2.32. The Kier molecular flexibility index (Phi) is 3.66. The first-order chi connectivity index (χ1) is 8.60. The molecule has 0 bridgehead atoms. The first kappa shape index (κ1) is 12.6. The molecule has 0 saturated heterocycles. The van der Waals surface area contributed by atoms with Gasteiger partial charge in [-0.25, -0.2) is 9.13 Å². The molecule has 0 aliphatic heterocycles. The highest BCUT2D eigenvalue weighted by atomic mass is 15.1.